The van der Waals surface area contributed by atoms with Gasteiger partial charge in [-0.3, -0.25) is 4.98 Å². The average Bonchev–Trinajstić information content (AvgIpc) is 2.46. The average molecular weight is 285 g/mol. The van der Waals surface area contributed by atoms with Crippen LogP contribution in [0.4, 0.5) is 5.82 Å². The second kappa shape index (κ2) is 6.35. The fraction of sp³-hybridized carbons (Fsp3) is 0.312. The molecule has 0 aliphatic heterocycles. The minimum absolute atomic E-state index is 0.174. The van der Waals surface area contributed by atoms with Crippen molar-refractivity contribution in [1.82, 2.24) is 9.97 Å². The van der Waals surface area contributed by atoms with Crippen molar-refractivity contribution < 1.29 is 9.90 Å². The zero-order valence-electron chi connectivity index (χ0n) is 12.4. The van der Waals surface area contributed by atoms with Crippen molar-refractivity contribution >= 4 is 11.8 Å². The van der Waals surface area contributed by atoms with E-state index in [-0.39, 0.29) is 11.5 Å². The van der Waals surface area contributed by atoms with Crippen LogP contribution in [0, 0.1) is 6.92 Å². The fourth-order valence-electron chi connectivity index (χ4n) is 1.95. The first-order valence-corrected chi connectivity index (χ1v) is 6.86. The standard InChI is InChI=1S/C16H19N3O2/c1-10(2)14-6-13(16(20)21)7-15(19-14)18-9-12-4-5-17-8-11(12)3/h4-8,10H,9H2,1-3H3,(H,18,19)(H,20,21). The summed E-state index contributed by atoms with van der Waals surface area (Å²) in [4.78, 5) is 19.7. The Kier molecular flexibility index (Phi) is 4.52. The van der Waals surface area contributed by atoms with Crippen LogP contribution in [0.5, 0.6) is 0 Å². The highest BCUT2D eigenvalue weighted by Crippen LogP contribution is 2.18. The highest BCUT2D eigenvalue weighted by Gasteiger charge is 2.11. The van der Waals surface area contributed by atoms with Crippen LogP contribution >= 0.6 is 0 Å². The van der Waals surface area contributed by atoms with Crippen molar-refractivity contribution in [3.63, 3.8) is 0 Å². The first-order valence-electron chi connectivity index (χ1n) is 6.86. The van der Waals surface area contributed by atoms with Gasteiger partial charge in [0.15, 0.2) is 0 Å². The molecule has 0 radical (unpaired) electrons. The third kappa shape index (κ3) is 3.78. The number of pyridine rings is 2. The third-order valence-corrected chi connectivity index (χ3v) is 3.28. The largest absolute Gasteiger partial charge is 0.478 e. The van der Waals surface area contributed by atoms with E-state index in [2.05, 4.69) is 15.3 Å². The molecule has 0 atom stereocenters. The number of carboxylic acid groups (broad SMARTS) is 1. The molecular formula is C16H19N3O2. The molecule has 5 heteroatoms. The van der Waals surface area contributed by atoms with Crippen molar-refractivity contribution in [2.45, 2.75) is 33.2 Å². The van der Waals surface area contributed by atoms with Gasteiger partial charge >= 0.3 is 5.97 Å². The van der Waals surface area contributed by atoms with Gasteiger partial charge in [0.25, 0.3) is 0 Å². The SMILES string of the molecule is Cc1cnccc1CNc1cc(C(=O)O)cc(C(C)C)n1. The quantitative estimate of drug-likeness (QED) is 0.882. The predicted molar refractivity (Wildman–Crippen MR) is 81.6 cm³/mol. The maximum absolute atomic E-state index is 11.2. The van der Waals surface area contributed by atoms with E-state index >= 15 is 0 Å². The molecule has 0 spiro atoms. The van der Waals surface area contributed by atoms with Crippen molar-refractivity contribution in [3.05, 3.63) is 53.0 Å². The Morgan fingerprint density at radius 3 is 2.76 bits per heavy atom. The number of anilines is 1. The Morgan fingerprint density at radius 1 is 1.38 bits per heavy atom. The second-order valence-electron chi connectivity index (χ2n) is 5.28. The maximum Gasteiger partial charge on any atom is 0.335 e. The number of carbonyl (C=O) groups is 1. The summed E-state index contributed by atoms with van der Waals surface area (Å²) in [6.45, 7) is 6.56. The van der Waals surface area contributed by atoms with Gasteiger partial charge in [-0.25, -0.2) is 9.78 Å². The molecule has 0 aliphatic rings. The minimum Gasteiger partial charge on any atom is -0.478 e. The van der Waals surface area contributed by atoms with E-state index in [0.717, 1.165) is 16.8 Å². The number of aromatic carboxylic acids is 1. The monoisotopic (exact) mass is 285 g/mol. The Labute approximate surface area is 124 Å². The number of aromatic nitrogens is 2. The van der Waals surface area contributed by atoms with E-state index in [9.17, 15) is 9.90 Å². The summed E-state index contributed by atoms with van der Waals surface area (Å²) in [5, 5.41) is 12.4. The first-order chi connectivity index (χ1) is 9.97. The zero-order chi connectivity index (χ0) is 15.4. The van der Waals surface area contributed by atoms with Gasteiger partial charge in [-0.05, 0) is 42.2 Å². The van der Waals surface area contributed by atoms with E-state index in [4.69, 9.17) is 0 Å². The molecule has 0 aromatic carbocycles. The van der Waals surface area contributed by atoms with Crippen LogP contribution in [-0.2, 0) is 6.54 Å². The van der Waals surface area contributed by atoms with Gasteiger partial charge in [0.05, 0.1) is 5.56 Å². The normalized spacial score (nSPS) is 10.7. The highest BCUT2D eigenvalue weighted by molar-refractivity contribution is 5.88. The first kappa shape index (κ1) is 15.0. The molecule has 0 bridgehead atoms. The molecule has 2 rings (SSSR count). The van der Waals surface area contributed by atoms with E-state index in [0.29, 0.717) is 12.4 Å². The lowest BCUT2D eigenvalue weighted by Gasteiger charge is -2.12. The lowest BCUT2D eigenvalue weighted by molar-refractivity contribution is 0.0696. The van der Waals surface area contributed by atoms with Crippen LogP contribution in [0.2, 0.25) is 0 Å². The molecule has 2 aromatic heterocycles. The van der Waals surface area contributed by atoms with Gasteiger partial charge in [0, 0.05) is 24.6 Å². The summed E-state index contributed by atoms with van der Waals surface area (Å²) >= 11 is 0. The van der Waals surface area contributed by atoms with E-state index in [1.807, 2.05) is 26.8 Å². The summed E-state index contributed by atoms with van der Waals surface area (Å²) in [7, 11) is 0. The summed E-state index contributed by atoms with van der Waals surface area (Å²) in [5.41, 5.74) is 3.22. The fourth-order valence-corrected chi connectivity index (χ4v) is 1.95. The van der Waals surface area contributed by atoms with Crippen LogP contribution < -0.4 is 5.32 Å². The second-order valence-corrected chi connectivity index (χ2v) is 5.28. The zero-order valence-corrected chi connectivity index (χ0v) is 12.4. The number of hydrogen-bond acceptors (Lipinski definition) is 4. The van der Waals surface area contributed by atoms with E-state index < -0.39 is 5.97 Å². The third-order valence-electron chi connectivity index (χ3n) is 3.28. The Balaban J connectivity index is 2.23. The van der Waals surface area contributed by atoms with Crippen LogP contribution in [0.3, 0.4) is 0 Å². The molecule has 21 heavy (non-hydrogen) atoms. The number of rotatable bonds is 5. The summed E-state index contributed by atoms with van der Waals surface area (Å²) < 4.78 is 0. The van der Waals surface area contributed by atoms with E-state index in [1.165, 1.54) is 0 Å². The summed E-state index contributed by atoms with van der Waals surface area (Å²) in [6.07, 6.45) is 3.54. The molecule has 0 amide bonds. The molecule has 110 valence electrons. The van der Waals surface area contributed by atoms with Crippen LogP contribution in [0.25, 0.3) is 0 Å². The minimum atomic E-state index is -0.942. The Morgan fingerprint density at radius 2 is 2.14 bits per heavy atom. The molecule has 2 N–H and O–H groups in total. The van der Waals surface area contributed by atoms with E-state index in [1.54, 1.807) is 24.5 Å². The summed E-state index contributed by atoms with van der Waals surface area (Å²) in [6, 6.07) is 5.12. The lowest BCUT2D eigenvalue weighted by atomic mass is 10.1. The molecule has 0 saturated heterocycles. The highest BCUT2D eigenvalue weighted by atomic mass is 16.4. The van der Waals surface area contributed by atoms with Crippen LogP contribution in [0.15, 0.2) is 30.6 Å². The smallest absolute Gasteiger partial charge is 0.335 e. The van der Waals surface area contributed by atoms with Crippen molar-refractivity contribution in [2.24, 2.45) is 0 Å². The van der Waals surface area contributed by atoms with Crippen LogP contribution in [0.1, 0.15) is 46.9 Å². The van der Waals surface area contributed by atoms with Crippen molar-refractivity contribution in [3.8, 4) is 0 Å². The molecule has 2 aromatic rings. The summed E-state index contributed by atoms with van der Waals surface area (Å²) in [5.74, 6) is -0.190. The Hall–Kier alpha value is -2.43. The van der Waals surface area contributed by atoms with Gasteiger partial charge in [-0.15, -0.1) is 0 Å². The van der Waals surface area contributed by atoms with Gasteiger partial charge in [0.2, 0.25) is 0 Å². The van der Waals surface area contributed by atoms with Gasteiger partial charge in [-0.1, -0.05) is 13.8 Å². The predicted octanol–water partition coefficient (Wildman–Crippen LogP) is 3.22. The van der Waals surface area contributed by atoms with Crippen molar-refractivity contribution in [2.75, 3.05) is 5.32 Å². The molecule has 0 fully saturated rings. The Bertz CT molecular complexity index is 654. The molecule has 0 aliphatic carbocycles. The van der Waals surface area contributed by atoms with Gasteiger partial charge in [0.1, 0.15) is 5.82 Å². The van der Waals surface area contributed by atoms with Gasteiger partial charge < -0.3 is 10.4 Å². The number of nitrogens with zero attached hydrogens (tertiary/aromatic N) is 2. The van der Waals surface area contributed by atoms with Crippen molar-refractivity contribution in [1.29, 1.82) is 0 Å². The van der Waals surface area contributed by atoms with Gasteiger partial charge in [-0.2, -0.15) is 0 Å². The number of carboxylic acids is 1. The molecule has 5 nitrogen and oxygen atoms in total. The van der Waals surface area contributed by atoms with Crippen LogP contribution in [-0.4, -0.2) is 21.0 Å². The number of aryl methyl sites for hydroxylation is 1. The molecule has 0 saturated carbocycles. The molecular weight excluding hydrogens is 266 g/mol. The lowest BCUT2D eigenvalue weighted by Crippen LogP contribution is -2.08. The maximum atomic E-state index is 11.2. The number of nitrogens with one attached hydrogen (secondary N) is 1. The molecule has 2 heterocycles. The molecule has 0 unspecified atom stereocenters. The topological polar surface area (TPSA) is 75.1 Å². The number of hydrogen-bond donors (Lipinski definition) is 2.